The van der Waals surface area contributed by atoms with Crippen LogP contribution in [0.2, 0.25) is 0 Å². The van der Waals surface area contributed by atoms with Crippen molar-refractivity contribution in [3.8, 4) is 0 Å². The SMILES string of the molecule is CC1(c2ccc(C3c4ccccc4C(C4=CCC(c5ccccn5)N=C4)=C4C=CC(c5ccccc5)=CC43)cn2)C=CC=CN1. The zero-order valence-electron chi connectivity index (χ0n) is 25.2. The fraction of sp³-hybridized carbons (Fsp3) is 0.146. The molecule has 4 unspecified atom stereocenters. The third kappa shape index (κ3) is 4.93. The maximum atomic E-state index is 5.04. The number of hydrogen-bond acceptors (Lipinski definition) is 4. The van der Waals surface area contributed by atoms with Crippen molar-refractivity contribution in [3.05, 3.63) is 191 Å². The predicted octanol–water partition coefficient (Wildman–Crippen LogP) is 8.68. The maximum absolute atomic E-state index is 5.04. The van der Waals surface area contributed by atoms with E-state index in [4.69, 9.17) is 9.98 Å². The van der Waals surface area contributed by atoms with Gasteiger partial charge in [-0.25, -0.2) is 0 Å². The highest BCUT2D eigenvalue weighted by Crippen LogP contribution is 2.51. The van der Waals surface area contributed by atoms with Crippen LogP contribution >= 0.6 is 0 Å². The van der Waals surface area contributed by atoms with Crippen molar-refractivity contribution in [2.75, 3.05) is 0 Å². The molecular weight excluding hydrogens is 548 g/mol. The molecule has 4 aliphatic rings. The summed E-state index contributed by atoms with van der Waals surface area (Å²) in [6, 6.07) is 30.2. The minimum absolute atomic E-state index is 0.0462. The molecule has 2 aliphatic heterocycles. The highest BCUT2D eigenvalue weighted by Gasteiger charge is 2.37. The van der Waals surface area contributed by atoms with Gasteiger partial charge in [0, 0.05) is 30.4 Å². The largest absolute Gasteiger partial charge is 0.377 e. The Morgan fingerprint density at radius 1 is 0.822 bits per heavy atom. The Labute approximate surface area is 264 Å². The Bertz CT molecular complexity index is 1960. The summed E-state index contributed by atoms with van der Waals surface area (Å²) in [5.74, 6) is 0.256. The number of nitrogens with zero attached hydrogens (tertiary/aromatic N) is 3. The molecular formula is C41H34N4. The molecule has 2 aliphatic carbocycles. The van der Waals surface area contributed by atoms with Gasteiger partial charge in [-0.15, -0.1) is 0 Å². The Balaban J connectivity index is 1.24. The zero-order chi connectivity index (χ0) is 30.2. The highest BCUT2D eigenvalue weighted by atomic mass is 15.0. The molecule has 0 amide bonds. The van der Waals surface area contributed by atoms with Gasteiger partial charge in [0.05, 0.1) is 23.0 Å². The van der Waals surface area contributed by atoms with Gasteiger partial charge in [0.1, 0.15) is 0 Å². The minimum Gasteiger partial charge on any atom is -0.377 e. The second-order valence-electron chi connectivity index (χ2n) is 12.2. The van der Waals surface area contributed by atoms with Gasteiger partial charge >= 0.3 is 0 Å². The summed E-state index contributed by atoms with van der Waals surface area (Å²) in [6.07, 6.45) is 24.5. The number of fused-ring (bicyclic) bond motifs is 2. The number of dihydropyridines is 2. The zero-order valence-corrected chi connectivity index (χ0v) is 25.2. The van der Waals surface area contributed by atoms with Gasteiger partial charge in [0.25, 0.3) is 0 Å². The molecule has 2 aromatic carbocycles. The number of aliphatic imine (C=N–C) groups is 1. The normalized spacial score (nSPS) is 24.8. The standard InChI is InChI=1S/C41H34N4/c1-41(22-8-10-24-45-41)38-21-18-31(27-44-38)40-33-14-6-5-13-32(33)39(30-17-20-37(43-26-30)36-15-7-9-23-42-36)34-19-16-29(25-35(34)40)28-11-3-2-4-12-28/h2-19,21-27,35,37,40,45H,20H2,1H3. The lowest BCUT2D eigenvalue weighted by Crippen LogP contribution is -2.36. The molecule has 0 bridgehead atoms. The molecule has 4 nitrogen and oxygen atoms in total. The number of pyridine rings is 2. The van der Waals surface area contributed by atoms with Crippen molar-refractivity contribution in [1.82, 2.24) is 15.3 Å². The molecule has 218 valence electrons. The van der Waals surface area contributed by atoms with Crippen LogP contribution in [0.5, 0.6) is 0 Å². The van der Waals surface area contributed by atoms with Crippen LogP contribution in [0.3, 0.4) is 0 Å². The average Bonchev–Trinajstić information content (AvgIpc) is 3.11. The summed E-state index contributed by atoms with van der Waals surface area (Å²) in [5.41, 5.74) is 11.7. The van der Waals surface area contributed by atoms with Crippen molar-refractivity contribution in [3.63, 3.8) is 0 Å². The third-order valence-electron chi connectivity index (χ3n) is 9.45. The fourth-order valence-electron chi connectivity index (χ4n) is 7.12. The van der Waals surface area contributed by atoms with Gasteiger partial charge in [-0.3, -0.25) is 15.0 Å². The Morgan fingerprint density at radius 3 is 2.44 bits per heavy atom. The second-order valence-corrected chi connectivity index (χ2v) is 12.2. The molecule has 2 aromatic heterocycles. The number of benzene rings is 2. The quantitative estimate of drug-likeness (QED) is 0.256. The fourth-order valence-corrected chi connectivity index (χ4v) is 7.12. The van der Waals surface area contributed by atoms with Crippen LogP contribution in [0.4, 0.5) is 0 Å². The number of hydrogen-bond donors (Lipinski definition) is 1. The number of rotatable bonds is 5. The molecule has 0 saturated carbocycles. The van der Waals surface area contributed by atoms with E-state index < -0.39 is 0 Å². The first-order chi connectivity index (χ1) is 22.2. The van der Waals surface area contributed by atoms with Crippen molar-refractivity contribution in [2.24, 2.45) is 10.9 Å². The molecule has 0 radical (unpaired) electrons. The van der Waals surface area contributed by atoms with E-state index in [1.165, 1.54) is 44.5 Å². The third-order valence-corrected chi connectivity index (χ3v) is 9.45. The summed E-state index contributed by atoms with van der Waals surface area (Å²) in [5, 5.41) is 3.47. The van der Waals surface area contributed by atoms with E-state index >= 15 is 0 Å². The smallest absolute Gasteiger partial charge is 0.0954 e. The Morgan fingerprint density at radius 2 is 1.69 bits per heavy atom. The van der Waals surface area contributed by atoms with Crippen LogP contribution in [0.1, 0.15) is 58.9 Å². The van der Waals surface area contributed by atoms with E-state index in [-0.39, 0.29) is 23.4 Å². The molecule has 4 aromatic rings. The molecule has 1 N–H and O–H groups in total. The molecule has 4 atom stereocenters. The van der Waals surface area contributed by atoms with E-state index in [1.54, 1.807) is 0 Å². The summed E-state index contributed by atoms with van der Waals surface area (Å²) < 4.78 is 0. The molecule has 0 spiro atoms. The van der Waals surface area contributed by atoms with Crippen LogP contribution in [-0.2, 0) is 5.54 Å². The van der Waals surface area contributed by atoms with Gasteiger partial charge in [0.2, 0.25) is 0 Å². The first-order valence-electron chi connectivity index (χ1n) is 15.7. The maximum Gasteiger partial charge on any atom is 0.0954 e. The Kier molecular flexibility index (Phi) is 6.83. The van der Waals surface area contributed by atoms with Gasteiger partial charge in [-0.2, -0.15) is 0 Å². The molecule has 0 fully saturated rings. The van der Waals surface area contributed by atoms with Crippen LogP contribution in [0.15, 0.2) is 162 Å². The van der Waals surface area contributed by atoms with Gasteiger partial charge in [-0.05, 0) is 88.4 Å². The number of aromatic nitrogens is 2. The van der Waals surface area contributed by atoms with Gasteiger partial charge in [0.15, 0.2) is 0 Å². The van der Waals surface area contributed by atoms with Crippen LogP contribution in [0.25, 0.3) is 11.1 Å². The van der Waals surface area contributed by atoms with E-state index in [0.717, 1.165) is 17.8 Å². The van der Waals surface area contributed by atoms with Crippen molar-refractivity contribution in [1.29, 1.82) is 0 Å². The Hall–Kier alpha value is -5.35. The van der Waals surface area contributed by atoms with Crippen molar-refractivity contribution in [2.45, 2.75) is 30.8 Å². The molecule has 4 heterocycles. The average molecular weight is 583 g/mol. The summed E-state index contributed by atoms with van der Waals surface area (Å²) >= 11 is 0. The minimum atomic E-state index is -0.330. The molecule has 4 heteroatoms. The topological polar surface area (TPSA) is 50.2 Å². The molecule has 0 saturated heterocycles. The van der Waals surface area contributed by atoms with Crippen LogP contribution in [0, 0.1) is 5.92 Å². The summed E-state index contributed by atoms with van der Waals surface area (Å²) in [4.78, 5) is 14.6. The molecule has 8 rings (SSSR count). The van der Waals surface area contributed by atoms with E-state index in [1.807, 2.05) is 30.6 Å². The van der Waals surface area contributed by atoms with E-state index in [9.17, 15) is 0 Å². The lowest BCUT2D eigenvalue weighted by molar-refractivity contribution is 0.506. The van der Waals surface area contributed by atoms with Crippen LogP contribution in [-0.4, -0.2) is 16.2 Å². The van der Waals surface area contributed by atoms with Crippen molar-refractivity contribution >= 4 is 17.4 Å². The number of nitrogens with one attached hydrogen (secondary N) is 1. The lowest BCUT2D eigenvalue weighted by atomic mass is 9.65. The monoisotopic (exact) mass is 582 g/mol. The predicted molar refractivity (Wildman–Crippen MR) is 183 cm³/mol. The second kappa shape index (κ2) is 11.3. The van der Waals surface area contributed by atoms with Gasteiger partial charge < -0.3 is 5.32 Å². The highest BCUT2D eigenvalue weighted by molar-refractivity contribution is 6.05. The number of allylic oxidation sites excluding steroid dienone is 9. The van der Waals surface area contributed by atoms with E-state index in [0.29, 0.717) is 0 Å². The molecule has 45 heavy (non-hydrogen) atoms. The van der Waals surface area contributed by atoms with Crippen LogP contribution < -0.4 is 5.32 Å². The first kappa shape index (κ1) is 27.2. The lowest BCUT2D eigenvalue weighted by Gasteiger charge is -2.38. The summed E-state index contributed by atoms with van der Waals surface area (Å²) in [6.45, 7) is 2.16. The van der Waals surface area contributed by atoms with Gasteiger partial charge in [-0.1, -0.05) is 103 Å². The van der Waals surface area contributed by atoms with E-state index in [2.05, 4.69) is 139 Å². The van der Waals surface area contributed by atoms with Crippen molar-refractivity contribution < 1.29 is 0 Å². The first-order valence-corrected chi connectivity index (χ1v) is 15.7. The summed E-state index contributed by atoms with van der Waals surface area (Å²) in [7, 11) is 0.